The Morgan fingerprint density at radius 2 is 1.90 bits per heavy atom. The zero-order valence-electron chi connectivity index (χ0n) is 18.4. The van der Waals surface area contributed by atoms with E-state index in [9.17, 15) is 0 Å². The summed E-state index contributed by atoms with van der Waals surface area (Å²) in [6.07, 6.45) is 2.19. The molecule has 1 atom stereocenters. The Morgan fingerprint density at radius 1 is 1.10 bits per heavy atom. The number of hydrogen-bond donors (Lipinski definition) is 2. The van der Waals surface area contributed by atoms with E-state index >= 15 is 0 Å². The molecule has 2 N–H and O–H groups in total. The number of ether oxygens (including phenoxy) is 4. The summed E-state index contributed by atoms with van der Waals surface area (Å²) in [4.78, 5) is 4.67. The van der Waals surface area contributed by atoms with Gasteiger partial charge in [0, 0.05) is 26.3 Å². The van der Waals surface area contributed by atoms with Gasteiger partial charge in [0.15, 0.2) is 17.5 Å². The van der Waals surface area contributed by atoms with Gasteiger partial charge in [0.25, 0.3) is 0 Å². The first-order valence-corrected chi connectivity index (χ1v) is 10.9. The Kier molecular flexibility index (Phi) is 9.47. The molecule has 0 radical (unpaired) electrons. The van der Waals surface area contributed by atoms with Crippen molar-refractivity contribution in [3.8, 4) is 17.2 Å². The van der Waals surface area contributed by atoms with Gasteiger partial charge < -0.3 is 29.6 Å². The van der Waals surface area contributed by atoms with Crippen molar-refractivity contribution in [1.29, 1.82) is 0 Å². The molecule has 1 aliphatic rings. The standard InChI is InChI=1S/C24H33N3O4/c1-3-25-24(26-14-6-15-30-21-13-16-29-18-21)27-17-19-9-11-20(12-10-19)31-23-8-5-4-7-22(23)28-2/h4-5,7-12,21H,3,6,13-18H2,1-2H3,(H2,25,26,27). The minimum absolute atomic E-state index is 0.261. The molecule has 2 aromatic rings. The summed E-state index contributed by atoms with van der Waals surface area (Å²) >= 11 is 0. The molecule has 1 fully saturated rings. The van der Waals surface area contributed by atoms with E-state index in [0.29, 0.717) is 18.0 Å². The monoisotopic (exact) mass is 427 g/mol. The lowest BCUT2D eigenvalue weighted by Gasteiger charge is -2.13. The van der Waals surface area contributed by atoms with E-state index in [0.717, 1.165) is 63.0 Å². The first-order valence-electron chi connectivity index (χ1n) is 10.9. The highest BCUT2D eigenvalue weighted by Crippen LogP contribution is 2.30. The molecule has 1 unspecified atom stereocenters. The van der Waals surface area contributed by atoms with Crippen LogP contribution in [0.15, 0.2) is 53.5 Å². The normalized spacial score (nSPS) is 16.2. The molecular formula is C24H33N3O4. The largest absolute Gasteiger partial charge is 0.493 e. The SMILES string of the molecule is CCNC(=NCc1ccc(Oc2ccccc2OC)cc1)NCCCOC1CCOC1. The maximum absolute atomic E-state index is 5.93. The van der Waals surface area contributed by atoms with Gasteiger partial charge in [0.1, 0.15) is 5.75 Å². The van der Waals surface area contributed by atoms with Crippen molar-refractivity contribution in [1.82, 2.24) is 10.6 Å². The summed E-state index contributed by atoms with van der Waals surface area (Å²) in [7, 11) is 1.64. The Balaban J connectivity index is 1.45. The number of methoxy groups -OCH3 is 1. The molecule has 1 aliphatic heterocycles. The average Bonchev–Trinajstić information content (AvgIpc) is 3.32. The van der Waals surface area contributed by atoms with Crippen molar-refractivity contribution in [3.63, 3.8) is 0 Å². The van der Waals surface area contributed by atoms with E-state index in [2.05, 4.69) is 22.5 Å². The molecule has 31 heavy (non-hydrogen) atoms. The molecule has 168 valence electrons. The highest BCUT2D eigenvalue weighted by Gasteiger charge is 2.15. The average molecular weight is 428 g/mol. The Bertz CT molecular complexity index is 805. The molecule has 2 aromatic carbocycles. The van der Waals surface area contributed by atoms with E-state index in [4.69, 9.17) is 18.9 Å². The number of nitrogens with zero attached hydrogens (tertiary/aromatic N) is 1. The van der Waals surface area contributed by atoms with Crippen LogP contribution in [0.3, 0.4) is 0 Å². The molecule has 0 bridgehead atoms. The van der Waals surface area contributed by atoms with Crippen LogP contribution in [-0.4, -0.2) is 52.1 Å². The van der Waals surface area contributed by atoms with Crippen LogP contribution in [0, 0.1) is 0 Å². The van der Waals surface area contributed by atoms with Crippen LogP contribution in [0.4, 0.5) is 0 Å². The number of para-hydroxylation sites is 2. The number of nitrogens with one attached hydrogen (secondary N) is 2. The summed E-state index contributed by atoms with van der Waals surface area (Å²) in [6.45, 7) is 6.53. The zero-order chi connectivity index (χ0) is 21.7. The van der Waals surface area contributed by atoms with Crippen LogP contribution < -0.4 is 20.1 Å². The predicted molar refractivity (Wildman–Crippen MR) is 122 cm³/mol. The lowest BCUT2D eigenvalue weighted by atomic mass is 10.2. The Labute approximate surface area is 184 Å². The van der Waals surface area contributed by atoms with Gasteiger partial charge in [0.05, 0.1) is 26.4 Å². The van der Waals surface area contributed by atoms with Gasteiger partial charge in [-0.2, -0.15) is 0 Å². The van der Waals surface area contributed by atoms with Crippen molar-refractivity contribution in [3.05, 3.63) is 54.1 Å². The van der Waals surface area contributed by atoms with E-state index in [1.165, 1.54) is 0 Å². The summed E-state index contributed by atoms with van der Waals surface area (Å²) in [6, 6.07) is 15.5. The molecular weight excluding hydrogens is 394 g/mol. The van der Waals surface area contributed by atoms with Crippen molar-refractivity contribution < 1.29 is 18.9 Å². The van der Waals surface area contributed by atoms with E-state index in [1.807, 2.05) is 48.5 Å². The summed E-state index contributed by atoms with van der Waals surface area (Å²) in [5, 5.41) is 6.64. The Hall–Kier alpha value is -2.77. The summed E-state index contributed by atoms with van der Waals surface area (Å²) < 4.78 is 22.4. The number of hydrogen-bond acceptors (Lipinski definition) is 5. The van der Waals surface area contributed by atoms with Crippen LogP contribution in [-0.2, 0) is 16.0 Å². The van der Waals surface area contributed by atoms with Crippen LogP contribution >= 0.6 is 0 Å². The van der Waals surface area contributed by atoms with Crippen LogP contribution in [0.5, 0.6) is 17.2 Å². The first kappa shape index (κ1) is 22.9. The first-order chi connectivity index (χ1) is 15.3. The molecule has 7 nitrogen and oxygen atoms in total. The van der Waals surface area contributed by atoms with Gasteiger partial charge in [0.2, 0.25) is 0 Å². The summed E-state index contributed by atoms with van der Waals surface area (Å²) in [5.74, 6) is 2.97. The fourth-order valence-electron chi connectivity index (χ4n) is 3.18. The van der Waals surface area contributed by atoms with Gasteiger partial charge in [-0.15, -0.1) is 0 Å². The van der Waals surface area contributed by atoms with Crippen LogP contribution in [0.1, 0.15) is 25.3 Å². The molecule has 0 aromatic heterocycles. The van der Waals surface area contributed by atoms with Gasteiger partial charge in [-0.05, 0) is 49.6 Å². The van der Waals surface area contributed by atoms with Gasteiger partial charge in [-0.1, -0.05) is 24.3 Å². The highest BCUT2D eigenvalue weighted by molar-refractivity contribution is 5.79. The number of benzene rings is 2. The maximum atomic E-state index is 5.93. The van der Waals surface area contributed by atoms with Crippen molar-refractivity contribution in [2.75, 3.05) is 40.0 Å². The third-order valence-corrected chi connectivity index (χ3v) is 4.84. The van der Waals surface area contributed by atoms with Gasteiger partial charge in [-0.25, -0.2) is 4.99 Å². The third kappa shape index (κ3) is 7.77. The molecule has 1 saturated heterocycles. The van der Waals surface area contributed by atoms with Crippen molar-refractivity contribution in [2.24, 2.45) is 4.99 Å². The predicted octanol–water partition coefficient (Wildman–Crippen LogP) is 3.74. The van der Waals surface area contributed by atoms with Crippen molar-refractivity contribution in [2.45, 2.75) is 32.4 Å². The van der Waals surface area contributed by atoms with E-state index < -0.39 is 0 Å². The Morgan fingerprint density at radius 3 is 2.61 bits per heavy atom. The molecule has 0 aliphatic carbocycles. The topological polar surface area (TPSA) is 73.3 Å². The van der Waals surface area contributed by atoms with Gasteiger partial charge >= 0.3 is 0 Å². The zero-order valence-corrected chi connectivity index (χ0v) is 18.4. The van der Waals surface area contributed by atoms with Gasteiger partial charge in [-0.3, -0.25) is 0 Å². The maximum Gasteiger partial charge on any atom is 0.191 e. The number of aliphatic imine (C=N–C) groups is 1. The summed E-state index contributed by atoms with van der Waals surface area (Å²) in [5.41, 5.74) is 1.11. The second-order valence-corrected chi connectivity index (χ2v) is 7.23. The molecule has 0 saturated carbocycles. The van der Waals surface area contributed by atoms with E-state index in [1.54, 1.807) is 7.11 Å². The van der Waals surface area contributed by atoms with E-state index in [-0.39, 0.29) is 6.10 Å². The molecule has 1 heterocycles. The number of guanidine groups is 1. The fraction of sp³-hybridized carbons (Fsp3) is 0.458. The molecule has 3 rings (SSSR count). The lowest BCUT2D eigenvalue weighted by Crippen LogP contribution is -2.38. The quantitative estimate of drug-likeness (QED) is 0.323. The smallest absolute Gasteiger partial charge is 0.191 e. The van der Waals surface area contributed by atoms with Crippen molar-refractivity contribution >= 4 is 5.96 Å². The number of rotatable bonds is 11. The second kappa shape index (κ2) is 12.8. The lowest BCUT2D eigenvalue weighted by molar-refractivity contribution is 0.0420. The van der Waals surface area contributed by atoms with Crippen LogP contribution in [0.2, 0.25) is 0 Å². The molecule has 0 spiro atoms. The third-order valence-electron chi connectivity index (χ3n) is 4.84. The van der Waals surface area contributed by atoms with Crippen LogP contribution in [0.25, 0.3) is 0 Å². The minimum atomic E-state index is 0.261. The highest BCUT2D eigenvalue weighted by atomic mass is 16.5. The minimum Gasteiger partial charge on any atom is -0.493 e. The fourth-order valence-corrected chi connectivity index (χ4v) is 3.18. The molecule has 7 heteroatoms. The molecule has 0 amide bonds. The second-order valence-electron chi connectivity index (χ2n) is 7.23.